The van der Waals surface area contributed by atoms with Crippen LogP contribution in [0.3, 0.4) is 0 Å². The molecule has 184 valence electrons. The Kier molecular flexibility index (Phi) is 7.33. The van der Waals surface area contributed by atoms with Crippen molar-refractivity contribution in [3.05, 3.63) is 46.1 Å². The number of nitrogens with two attached hydrogens (primary N) is 1. The van der Waals surface area contributed by atoms with Gasteiger partial charge in [0, 0.05) is 29.6 Å². The highest BCUT2D eigenvalue weighted by Gasteiger charge is 2.57. The molecule has 2 amide bonds. The number of nitrogens with one attached hydrogen (secondary N) is 1. The fraction of sp³-hybridized carbons (Fsp3) is 0.333. The van der Waals surface area contributed by atoms with Gasteiger partial charge in [-0.2, -0.15) is 0 Å². The summed E-state index contributed by atoms with van der Waals surface area (Å²) in [5.41, 5.74) is 7.52. The summed E-state index contributed by atoms with van der Waals surface area (Å²) < 4.78 is -1.21. The van der Waals surface area contributed by atoms with Crippen molar-refractivity contribution in [2.75, 3.05) is 25.1 Å². The monoisotopic (exact) mass is 534 g/mol. The van der Waals surface area contributed by atoms with Crippen LogP contribution in [-0.2, 0) is 19.2 Å². The number of carboxylic acid groups (broad SMARTS) is 1. The molecule has 0 bridgehead atoms. The molecule has 2 saturated heterocycles. The second-order valence-corrected chi connectivity index (χ2v) is 11.0. The molecule has 4 rings (SSSR count). The van der Waals surface area contributed by atoms with Gasteiger partial charge >= 0.3 is 5.97 Å². The molecule has 4 heterocycles. The lowest BCUT2D eigenvalue weighted by Gasteiger charge is -2.53. The number of carboxylic acids is 1. The molecule has 0 spiro atoms. The molecule has 2 fully saturated rings. The fourth-order valence-electron chi connectivity index (χ4n) is 3.53. The summed E-state index contributed by atoms with van der Waals surface area (Å²) in [7, 11) is 1.29. The number of oxime groups is 1. The van der Waals surface area contributed by atoms with Crippen LogP contribution >= 0.6 is 34.9 Å². The molecular weight excluding hydrogens is 512 g/mol. The third-order valence-corrected chi connectivity index (χ3v) is 8.94. The number of pyridine rings is 1. The fourth-order valence-corrected chi connectivity index (χ4v) is 6.74. The Morgan fingerprint density at radius 1 is 1.46 bits per heavy atom. The van der Waals surface area contributed by atoms with Crippen molar-refractivity contribution in [3.8, 4) is 0 Å². The zero-order valence-corrected chi connectivity index (χ0v) is 21.2. The minimum absolute atomic E-state index is 0.0218. The topological polar surface area (TPSA) is 160 Å². The van der Waals surface area contributed by atoms with E-state index in [2.05, 4.69) is 20.4 Å². The summed E-state index contributed by atoms with van der Waals surface area (Å²) in [5, 5.41) is 19.5. The minimum Gasteiger partial charge on any atom is -0.480 e. The zero-order valence-electron chi connectivity index (χ0n) is 18.7. The number of fused-ring (bicyclic) bond motifs is 1. The first-order valence-corrected chi connectivity index (χ1v) is 13.1. The Bertz CT molecular complexity index is 1200. The van der Waals surface area contributed by atoms with Crippen LogP contribution in [0.1, 0.15) is 17.0 Å². The number of thioether (sulfide) groups is 2. The Morgan fingerprint density at radius 3 is 2.89 bits per heavy atom. The van der Waals surface area contributed by atoms with Crippen molar-refractivity contribution in [1.29, 1.82) is 0 Å². The molecule has 2 unspecified atom stereocenters. The first-order valence-electron chi connectivity index (χ1n) is 10.3. The average molecular weight is 535 g/mol. The van der Waals surface area contributed by atoms with Gasteiger partial charge in [-0.05, 0) is 30.0 Å². The number of aliphatic carboxylic acids is 1. The number of aryl methyl sites for hydroxylation is 1. The number of hydrogen-bond donors (Lipinski definition) is 3. The van der Waals surface area contributed by atoms with Crippen LogP contribution in [0.4, 0.5) is 5.13 Å². The molecule has 0 aliphatic carbocycles. The van der Waals surface area contributed by atoms with Crippen molar-refractivity contribution >= 4 is 69.6 Å². The maximum atomic E-state index is 12.9. The smallest absolute Gasteiger partial charge is 0.322 e. The number of amides is 2. The molecule has 11 nitrogen and oxygen atoms in total. The third kappa shape index (κ3) is 5.13. The molecule has 35 heavy (non-hydrogen) atoms. The summed E-state index contributed by atoms with van der Waals surface area (Å²) in [6.07, 6.45) is 3.50. The number of carbonyl (C=O) groups excluding carboxylic acids is 2. The van der Waals surface area contributed by atoms with E-state index in [1.807, 2.05) is 19.1 Å². The molecule has 14 heteroatoms. The molecule has 0 saturated carbocycles. The lowest BCUT2D eigenvalue weighted by atomic mass is 10.0. The van der Waals surface area contributed by atoms with Crippen molar-refractivity contribution in [1.82, 2.24) is 20.2 Å². The first kappa shape index (κ1) is 25.0. The van der Waals surface area contributed by atoms with Crippen LogP contribution in [-0.4, -0.2) is 79.0 Å². The first-order chi connectivity index (χ1) is 16.7. The summed E-state index contributed by atoms with van der Waals surface area (Å²) in [6.45, 7) is 1.91. The van der Waals surface area contributed by atoms with Crippen LogP contribution < -0.4 is 11.1 Å². The Labute approximate surface area is 213 Å². The second kappa shape index (κ2) is 10.3. The van der Waals surface area contributed by atoms with E-state index < -0.39 is 22.7 Å². The van der Waals surface area contributed by atoms with Gasteiger partial charge in [-0.25, -0.2) is 4.98 Å². The van der Waals surface area contributed by atoms with Gasteiger partial charge in [0.25, 0.3) is 5.91 Å². The number of carbonyl (C=O) groups is 3. The molecule has 0 aromatic carbocycles. The van der Waals surface area contributed by atoms with E-state index in [9.17, 15) is 19.5 Å². The normalized spacial score (nSPS) is 24.1. The molecule has 2 aliphatic heterocycles. The van der Waals surface area contributed by atoms with Crippen LogP contribution in [0.25, 0.3) is 6.08 Å². The van der Waals surface area contributed by atoms with E-state index in [1.165, 1.54) is 23.8 Å². The highest BCUT2D eigenvalue weighted by atomic mass is 32.2. The van der Waals surface area contributed by atoms with Crippen molar-refractivity contribution in [2.24, 2.45) is 5.16 Å². The van der Waals surface area contributed by atoms with Crippen LogP contribution in [0, 0.1) is 6.92 Å². The number of thiazole rings is 1. The second-order valence-electron chi connectivity index (χ2n) is 7.77. The maximum Gasteiger partial charge on any atom is 0.322 e. The van der Waals surface area contributed by atoms with E-state index in [0.717, 1.165) is 34.4 Å². The molecule has 2 aromatic rings. The van der Waals surface area contributed by atoms with Crippen LogP contribution in [0.2, 0.25) is 0 Å². The van der Waals surface area contributed by atoms with E-state index in [1.54, 1.807) is 23.1 Å². The van der Waals surface area contributed by atoms with E-state index in [4.69, 9.17) is 10.6 Å². The zero-order chi connectivity index (χ0) is 25.2. The lowest BCUT2D eigenvalue weighted by Crippen LogP contribution is -2.74. The summed E-state index contributed by atoms with van der Waals surface area (Å²) in [5.74, 6) is -1.74. The van der Waals surface area contributed by atoms with E-state index >= 15 is 0 Å². The van der Waals surface area contributed by atoms with Crippen LogP contribution in [0.15, 0.2) is 34.3 Å². The number of hydrogen-bond acceptors (Lipinski definition) is 11. The average Bonchev–Trinajstić information content (AvgIpc) is 3.27. The highest BCUT2D eigenvalue weighted by Crippen LogP contribution is 2.44. The Morgan fingerprint density at radius 2 is 2.26 bits per heavy atom. The van der Waals surface area contributed by atoms with Gasteiger partial charge in [0.1, 0.15) is 29.0 Å². The van der Waals surface area contributed by atoms with Gasteiger partial charge in [-0.1, -0.05) is 11.2 Å². The molecule has 2 aliphatic rings. The van der Waals surface area contributed by atoms with Gasteiger partial charge < -0.3 is 25.9 Å². The summed E-state index contributed by atoms with van der Waals surface area (Å²) >= 11 is 3.61. The lowest BCUT2D eigenvalue weighted by molar-refractivity contribution is -0.151. The number of aromatic nitrogens is 2. The standard InChI is InChI=1S/C21H22N6O5S3/c1-11-3-4-12(7-23-11)5-6-35-21(19(30)31)9-27-17(29)15(18(27)34-10-21)25-16(28)14(26-32-2)13-8-33-20(22)24-13/h3-8,15,18H,9-10H2,1-2H3,(H2,22,24)(H,25,28)(H,30,31)/t15?,18-,21?/m1/s1. The number of nitrogens with zero attached hydrogens (tertiary/aromatic N) is 4. The quantitative estimate of drug-likeness (QED) is 0.257. The summed E-state index contributed by atoms with van der Waals surface area (Å²) in [6, 6.07) is 2.96. The number of nitrogen functional groups attached to an aromatic ring is 1. The van der Waals surface area contributed by atoms with E-state index in [0.29, 0.717) is 0 Å². The molecule has 4 N–H and O–H groups in total. The highest BCUT2D eigenvalue weighted by molar-refractivity contribution is 8.06. The number of β-lactam (4-membered cyclic amide) rings is 1. The SMILES string of the molecule is CON=C(C(=O)NC1C(=O)N2CC(SC=Cc3ccc(C)nc3)(C(=O)O)CS[C@H]12)c1csc(N)n1. The van der Waals surface area contributed by atoms with Gasteiger partial charge in [-0.15, -0.1) is 34.9 Å². The number of anilines is 1. The van der Waals surface area contributed by atoms with Gasteiger partial charge in [-0.3, -0.25) is 19.4 Å². The van der Waals surface area contributed by atoms with Crippen molar-refractivity contribution < 1.29 is 24.3 Å². The predicted molar refractivity (Wildman–Crippen MR) is 136 cm³/mol. The van der Waals surface area contributed by atoms with Crippen molar-refractivity contribution in [2.45, 2.75) is 23.1 Å². The van der Waals surface area contributed by atoms with E-state index in [-0.39, 0.29) is 40.1 Å². The largest absolute Gasteiger partial charge is 0.480 e. The van der Waals surface area contributed by atoms with Crippen LogP contribution in [0.5, 0.6) is 0 Å². The van der Waals surface area contributed by atoms with Gasteiger partial charge in [0.15, 0.2) is 10.8 Å². The minimum atomic E-state index is -1.21. The molecule has 0 radical (unpaired) electrons. The summed E-state index contributed by atoms with van der Waals surface area (Å²) in [4.78, 5) is 52.4. The molecule has 2 aromatic heterocycles. The Hall–Kier alpha value is -3.10. The number of rotatable bonds is 8. The maximum absolute atomic E-state index is 12.9. The molecular formula is C21H22N6O5S3. The third-order valence-electron chi connectivity index (χ3n) is 5.38. The molecule has 3 atom stereocenters. The Balaban J connectivity index is 1.42. The predicted octanol–water partition coefficient (Wildman–Crippen LogP) is 1.41. The van der Waals surface area contributed by atoms with Crippen molar-refractivity contribution in [3.63, 3.8) is 0 Å². The van der Waals surface area contributed by atoms with Gasteiger partial charge in [0.2, 0.25) is 5.91 Å². The van der Waals surface area contributed by atoms with Gasteiger partial charge in [0.05, 0.1) is 0 Å².